The first kappa shape index (κ1) is 17.2. The Hall–Kier alpha value is -3.71. The molecule has 148 valence electrons. The van der Waals surface area contributed by atoms with Gasteiger partial charge in [0.25, 0.3) is 0 Å². The molecule has 2 aromatic carbocycles. The number of H-pyrrole nitrogens is 2. The van der Waals surface area contributed by atoms with Gasteiger partial charge in [-0.2, -0.15) is 0 Å². The van der Waals surface area contributed by atoms with Crippen LogP contribution in [0.1, 0.15) is 12.8 Å². The van der Waals surface area contributed by atoms with Crippen LogP contribution in [0.25, 0.3) is 45.0 Å². The minimum absolute atomic E-state index is 0.769. The van der Waals surface area contributed by atoms with E-state index in [9.17, 15) is 0 Å². The quantitative estimate of drug-likeness (QED) is 0.425. The Morgan fingerprint density at radius 3 is 2.47 bits per heavy atom. The molecule has 0 bridgehead atoms. The van der Waals surface area contributed by atoms with E-state index in [0.29, 0.717) is 0 Å². The molecule has 1 saturated heterocycles. The van der Waals surface area contributed by atoms with Crippen LogP contribution in [-0.2, 0) is 0 Å². The summed E-state index contributed by atoms with van der Waals surface area (Å²) in [6, 6.07) is 18.3. The Labute approximate surface area is 173 Å². The molecule has 7 nitrogen and oxygen atoms in total. The van der Waals surface area contributed by atoms with Gasteiger partial charge in [0.1, 0.15) is 11.5 Å². The molecule has 3 N–H and O–H groups in total. The van der Waals surface area contributed by atoms with E-state index in [-0.39, 0.29) is 0 Å². The van der Waals surface area contributed by atoms with E-state index in [0.717, 1.165) is 58.1 Å². The molecule has 1 aliphatic rings. The highest BCUT2D eigenvalue weighted by molar-refractivity contribution is 5.86. The van der Waals surface area contributed by atoms with Crippen molar-refractivity contribution in [2.24, 2.45) is 0 Å². The summed E-state index contributed by atoms with van der Waals surface area (Å²) in [5, 5.41) is 2.22. The first-order valence-corrected chi connectivity index (χ1v) is 10.3. The number of aromatic nitrogens is 5. The molecule has 0 spiro atoms. The molecule has 5 aromatic rings. The van der Waals surface area contributed by atoms with Crippen molar-refractivity contribution in [3.63, 3.8) is 0 Å². The Morgan fingerprint density at radius 1 is 0.800 bits per heavy atom. The van der Waals surface area contributed by atoms with Gasteiger partial charge >= 0.3 is 0 Å². The average molecular weight is 395 g/mol. The van der Waals surface area contributed by atoms with Crippen molar-refractivity contribution in [2.75, 3.05) is 18.1 Å². The monoisotopic (exact) mass is 395 g/mol. The zero-order chi connectivity index (χ0) is 19.9. The summed E-state index contributed by atoms with van der Waals surface area (Å²) in [7, 11) is 0. The van der Waals surface area contributed by atoms with Crippen LogP contribution in [0.3, 0.4) is 0 Å². The van der Waals surface area contributed by atoms with Gasteiger partial charge in [-0.25, -0.2) is 15.4 Å². The lowest BCUT2D eigenvalue weighted by Crippen LogP contribution is -2.43. The molecule has 0 saturated carbocycles. The van der Waals surface area contributed by atoms with Crippen LogP contribution in [0.2, 0.25) is 0 Å². The summed E-state index contributed by atoms with van der Waals surface area (Å²) in [6.07, 6.45) is 4.21. The van der Waals surface area contributed by atoms with Crippen LogP contribution in [-0.4, -0.2) is 38.0 Å². The van der Waals surface area contributed by atoms with Gasteiger partial charge in [0.15, 0.2) is 5.82 Å². The molecule has 3 aromatic heterocycles. The first-order chi connectivity index (χ1) is 14.8. The number of nitrogens with zero attached hydrogens (tertiary/aromatic N) is 4. The number of imidazole rings is 2. The molecular formula is C23H21N7. The minimum atomic E-state index is 0.769. The molecule has 4 heterocycles. The van der Waals surface area contributed by atoms with Crippen molar-refractivity contribution in [1.82, 2.24) is 30.3 Å². The van der Waals surface area contributed by atoms with E-state index in [4.69, 9.17) is 4.98 Å². The van der Waals surface area contributed by atoms with Crippen molar-refractivity contribution in [3.05, 3.63) is 60.8 Å². The average Bonchev–Trinajstić information content (AvgIpc) is 3.43. The topological polar surface area (TPSA) is 85.5 Å². The number of fused-ring (bicyclic) bond motifs is 2. The number of benzene rings is 2. The Bertz CT molecular complexity index is 1330. The zero-order valence-electron chi connectivity index (χ0n) is 16.4. The molecule has 1 aliphatic heterocycles. The van der Waals surface area contributed by atoms with Crippen LogP contribution in [0, 0.1) is 0 Å². The van der Waals surface area contributed by atoms with Gasteiger partial charge in [0.2, 0.25) is 0 Å². The summed E-state index contributed by atoms with van der Waals surface area (Å²) in [5.41, 5.74) is 10.4. The normalized spacial score (nSPS) is 14.6. The lowest BCUT2D eigenvalue weighted by molar-refractivity contribution is 0.512. The van der Waals surface area contributed by atoms with E-state index in [1.807, 2.05) is 24.3 Å². The van der Waals surface area contributed by atoms with Crippen molar-refractivity contribution >= 4 is 27.8 Å². The fourth-order valence-corrected chi connectivity index (χ4v) is 3.99. The number of anilines is 1. The number of rotatable bonds is 3. The summed E-state index contributed by atoms with van der Waals surface area (Å²) in [4.78, 5) is 20.7. The van der Waals surface area contributed by atoms with Gasteiger partial charge in [-0.05, 0) is 61.4 Å². The van der Waals surface area contributed by atoms with Gasteiger partial charge in [-0.15, -0.1) is 0 Å². The molecule has 1 fully saturated rings. The number of pyridine rings is 1. The maximum atomic E-state index is 4.80. The van der Waals surface area contributed by atoms with Crippen LogP contribution in [0.15, 0.2) is 60.8 Å². The fraction of sp³-hybridized carbons (Fsp3) is 0.174. The summed E-state index contributed by atoms with van der Waals surface area (Å²) in [5.74, 6) is 1.62. The lowest BCUT2D eigenvalue weighted by atomic mass is 10.2. The third kappa shape index (κ3) is 3.00. The van der Waals surface area contributed by atoms with E-state index in [1.54, 1.807) is 6.20 Å². The van der Waals surface area contributed by atoms with Crippen LogP contribution in [0.4, 0.5) is 5.69 Å². The van der Waals surface area contributed by atoms with Crippen molar-refractivity contribution in [1.29, 1.82) is 0 Å². The molecule has 7 heteroatoms. The third-order valence-corrected chi connectivity index (χ3v) is 5.55. The number of hydrogen-bond donors (Lipinski definition) is 3. The molecule has 30 heavy (non-hydrogen) atoms. The number of aromatic amines is 2. The molecule has 0 atom stereocenters. The SMILES string of the molecule is c1ccc(-c2nc3ccc(-c4nc5ccc(N6CCCCN6)cc5[nH]4)cc3[nH]2)nc1. The summed E-state index contributed by atoms with van der Waals surface area (Å²) < 4.78 is 0. The minimum Gasteiger partial charge on any atom is -0.338 e. The highest BCUT2D eigenvalue weighted by atomic mass is 15.5. The van der Waals surface area contributed by atoms with E-state index in [2.05, 4.69) is 60.7 Å². The van der Waals surface area contributed by atoms with Crippen molar-refractivity contribution < 1.29 is 0 Å². The van der Waals surface area contributed by atoms with Gasteiger partial charge in [0, 0.05) is 24.8 Å². The number of hydrogen-bond acceptors (Lipinski definition) is 5. The van der Waals surface area contributed by atoms with Gasteiger partial charge in [0.05, 0.1) is 27.8 Å². The highest BCUT2D eigenvalue weighted by Gasteiger charge is 2.13. The largest absolute Gasteiger partial charge is 0.338 e. The number of nitrogens with one attached hydrogen (secondary N) is 3. The Morgan fingerprint density at radius 2 is 1.63 bits per heavy atom. The van der Waals surface area contributed by atoms with Crippen molar-refractivity contribution in [2.45, 2.75) is 12.8 Å². The predicted molar refractivity (Wildman–Crippen MR) is 119 cm³/mol. The first-order valence-electron chi connectivity index (χ1n) is 10.3. The van der Waals surface area contributed by atoms with Crippen molar-refractivity contribution in [3.8, 4) is 22.9 Å². The summed E-state index contributed by atoms with van der Waals surface area (Å²) >= 11 is 0. The molecule has 0 aliphatic carbocycles. The van der Waals surface area contributed by atoms with Gasteiger partial charge in [-0.1, -0.05) is 6.07 Å². The van der Waals surface area contributed by atoms with Crippen LogP contribution < -0.4 is 10.4 Å². The zero-order valence-corrected chi connectivity index (χ0v) is 16.4. The number of hydrazine groups is 1. The second-order valence-corrected chi connectivity index (χ2v) is 7.59. The molecular weight excluding hydrogens is 374 g/mol. The predicted octanol–water partition coefficient (Wildman–Crippen LogP) is 4.27. The lowest BCUT2D eigenvalue weighted by Gasteiger charge is -2.29. The second-order valence-electron chi connectivity index (χ2n) is 7.59. The maximum Gasteiger partial charge on any atom is 0.157 e. The fourth-order valence-electron chi connectivity index (χ4n) is 3.99. The van der Waals surface area contributed by atoms with E-state index in [1.165, 1.54) is 18.5 Å². The third-order valence-electron chi connectivity index (χ3n) is 5.55. The molecule has 0 amide bonds. The Kier molecular flexibility index (Phi) is 3.99. The van der Waals surface area contributed by atoms with Gasteiger partial charge < -0.3 is 15.0 Å². The molecule has 0 unspecified atom stereocenters. The van der Waals surface area contributed by atoms with Crippen LogP contribution in [0.5, 0.6) is 0 Å². The van der Waals surface area contributed by atoms with E-state index < -0.39 is 0 Å². The van der Waals surface area contributed by atoms with Gasteiger partial charge in [-0.3, -0.25) is 4.98 Å². The summed E-state index contributed by atoms with van der Waals surface area (Å²) in [6.45, 7) is 2.05. The maximum absolute atomic E-state index is 4.80. The molecule has 6 rings (SSSR count). The smallest absolute Gasteiger partial charge is 0.157 e. The van der Waals surface area contributed by atoms with Crippen LogP contribution >= 0.6 is 0 Å². The second kappa shape index (κ2) is 6.96. The standard InChI is InChI=1S/C23H21N7/c1-2-10-24-19(5-1)23-27-17-8-6-15(13-20(17)29-23)22-26-18-9-7-16(14-21(18)28-22)30-12-4-3-11-25-30/h1-2,5-10,13-14,25H,3-4,11-12H2,(H,26,28)(H,27,29). The van der Waals surface area contributed by atoms with E-state index >= 15 is 0 Å². The molecule has 0 radical (unpaired) electrons. The highest BCUT2D eigenvalue weighted by Crippen LogP contribution is 2.27. The Balaban J connectivity index is 1.36.